The lowest BCUT2D eigenvalue weighted by Crippen LogP contribution is -2.29. The highest BCUT2D eigenvalue weighted by Gasteiger charge is 2.28. The van der Waals surface area contributed by atoms with Gasteiger partial charge < -0.3 is 20.1 Å². The fourth-order valence-electron chi connectivity index (χ4n) is 1.34. The first-order chi connectivity index (χ1) is 8.01. The Kier molecular flexibility index (Phi) is 4.56. The Bertz CT molecular complexity index is 407. The first kappa shape index (κ1) is 13.6. The van der Waals surface area contributed by atoms with E-state index in [1.54, 1.807) is 0 Å². The molecule has 0 bridgehead atoms. The first-order valence-electron chi connectivity index (χ1n) is 4.84. The molecule has 1 aromatic carbocycles. The van der Waals surface area contributed by atoms with Crippen molar-refractivity contribution < 1.29 is 29.2 Å². The molecule has 0 heterocycles. The van der Waals surface area contributed by atoms with Crippen LogP contribution in [0.5, 0.6) is 0 Å². The molecule has 0 amide bonds. The second-order valence-electron chi connectivity index (χ2n) is 3.43. The maximum Gasteiger partial charge on any atom is 0.337 e. The van der Waals surface area contributed by atoms with Crippen LogP contribution in [0.2, 0.25) is 0 Å². The molecule has 94 valence electrons. The van der Waals surface area contributed by atoms with E-state index in [0.29, 0.717) is 5.56 Å². The summed E-state index contributed by atoms with van der Waals surface area (Å²) in [6, 6.07) is 3.54. The highest BCUT2D eigenvalue weighted by molar-refractivity contribution is 5.75. The Morgan fingerprint density at radius 2 is 2.12 bits per heavy atom. The molecule has 2 unspecified atom stereocenters. The van der Waals surface area contributed by atoms with Crippen molar-refractivity contribution in [2.45, 2.75) is 18.8 Å². The van der Waals surface area contributed by atoms with Gasteiger partial charge in [-0.1, -0.05) is 6.07 Å². The van der Waals surface area contributed by atoms with Gasteiger partial charge in [0, 0.05) is 5.56 Å². The second-order valence-corrected chi connectivity index (χ2v) is 3.43. The molecule has 0 spiro atoms. The van der Waals surface area contributed by atoms with E-state index in [2.05, 4.69) is 4.74 Å². The first-order valence-corrected chi connectivity index (χ1v) is 4.84. The van der Waals surface area contributed by atoms with Crippen LogP contribution < -0.4 is 0 Å². The highest BCUT2D eigenvalue weighted by Crippen LogP contribution is 2.22. The molecular formula is C11H13FO5. The standard InChI is InChI=1S/C11H13FO5/c1-17-11(16)10(15)9(14)7-4-6(5-13)2-3-8(7)12/h2-4,9-10,13-15H,5H2,1H3. The number of ether oxygens (including phenoxy) is 1. The minimum Gasteiger partial charge on any atom is -0.467 e. The Morgan fingerprint density at radius 1 is 1.47 bits per heavy atom. The number of esters is 1. The number of aliphatic hydroxyl groups excluding tert-OH is 3. The highest BCUT2D eigenvalue weighted by atomic mass is 19.1. The lowest BCUT2D eigenvalue weighted by Gasteiger charge is -2.17. The van der Waals surface area contributed by atoms with E-state index in [0.717, 1.165) is 13.2 Å². The van der Waals surface area contributed by atoms with Gasteiger partial charge in [0.2, 0.25) is 0 Å². The van der Waals surface area contributed by atoms with Crippen molar-refractivity contribution in [3.8, 4) is 0 Å². The van der Waals surface area contributed by atoms with Crippen molar-refractivity contribution in [3.63, 3.8) is 0 Å². The number of carbonyl (C=O) groups excluding carboxylic acids is 1. The fraction of sp³-hybridized carbons (Fsp3) is 0.364. The number of halogens is 1. The number of rotatable bonds is 4. The summed E-state index contributed by atoms with van der Waals surface area (Å²) in [4.78, 5) is 11.0. The maximum absolute atomic E-state index is 13.4. The summed E-state index contributed by atoms with van der Waals surface area (Å²) in [6.45, 7) is -0.339. The van der Waals surface area contributed by atoms with Crippen LogP contribution in [0.3, 0.4) is 0 Å². The van der Waals surface area contributed by atoms with Crippen molar-refractivity contribution >= 4 is 5.97 Å². The van der Waals surface area contributed by atoms with Gasteiger partial charge in [0.1, 0.15) is 11.9 Å². The van der Waals surface area contributed by atoms with Crippen molar-refractivity contribution in [3.05, 3.63) is 35.1 Å². The third kappa shape index (κ3) is 3.00. The molecule has 1 aromatic rings. The Labute approximate surface area is 97.1 Å². The molecule has 0 aromatic heterocycles. The van der Waals surface area contributed by atoms with Crippen LogP contribution in [0.15, 0.2) is 18.2 Å². The normalized spacial score (nSPS) is 14.2. The number of methoxy groups -OCH3 is 1. The zero-order valence-electron chi connectivity index (χ0n) is 9.13. The molecule has 1 rings (SSSR count). The average molecular weight is 244 g/mol. The molecule has 0 aliphatic carbocycles. The SMILES string of the molecule is COC(=O)C(O)C(O)c1cc(CO)ccc1F. The molecule has 0 radical (unpaired) electrons. The van der Waals surface area contributed by atoms with Gasteiger partial charge >= 0.3 is 5.97 Å². The van der Waals surface area contributed by atoms with E-state index in [-0.39, 0.29) is 12.2 Å². The van der Waals surface area contributed by atoms with Gasteiger partial charge in [0.05, 0.1) is 13.7 Å². The van der Waals surface area contributed by atoms with Crippen molar-refractivity contribution in [1.29, 1.82) is 0 Å². The van der Waals surface area contributed by atoms with Crippen LogP contribution >= 0.6 is 0 Å². The van der Waals surface area contributed by atoms with Gasteiger partial charge in [0.15, 0.2) is 6.10 Å². The molecule has 0 saturated carbocycles. The molecule has 0 saturated heterocycles. The van der Waals surface area contributed by atoms with Gasteiger partial charge in [-0.3, -0.25) is 0 Å². The number of aliphatic hydroxyl groups is 3. The van der Waals surface area contributed by atoms with Crippen molar-refractivity contribution in [2.75, 3.05) is 7.11 Å². The summed E-state index contributed by atoms with van der Waals surface area (Å²) in [5, 5.41) is 27.9. The zero-order chi connectivity index (χ0) is 13.0. The molecule has 0 aliphatic heterocycles. The van der Waals surface area contributed by atoms with Crippen LogP contribution in [-0.4, -0.2) is 34.5 Å². The van der Waals surface area contributed by atoms with Crippen LogP contribution in [-0.2, 0) is 16.1 Å². The molecule has 3 N–H and O–H groups in total. The molecule has 6 heteroatoms. The number of carbonyl (C=O) groups is 1. The van der Waals surface area contributed by atoms with Gasteiger partial charge in [-0.25, -0.2) is 9.18 Å². The van der Waals surface area contributed by atoms with E-state index >= 15 is 0 Å². The minimum absolute atomic E-state index is 0.269. The summed E-state index contributed by atoms with van der Waals surface area (Å²) < 4.78 is 17.6. The Morgan fingerprint density at radius 3 is 2.65 bits per heavy atom. The summed E-state index contributed by atoms with van der Waals surface area (Å²) in [5.41, 5.74) is 0.0898. The lowest BCUT2D eigenvalue weighted by molar-refractivity contribution is -0.156. The van der Waals surface area contributed by atoms with Crippen LogP contribution in [0.4, 0.5) is 4.39 Å². The topological polar surface area (TPSA) is 87.0 Å². The van der Waals surface area contributed by atoms with Crippen molar-refractivity contribution in [1.82, 2.24) is 0 Å². The summed E-state index contributed by atoms with van der Waals surface area (Å²) in [6.07, 6.45) is -3.61. The Hall–Kier alpha value is -1.50. The Balaban J connectivity index is 3.02. The van der Waals surface area contributed by atoms with Crippen LogP contribution in [0.25, 0.3) is 0 Å². The third-order valence-electron chi connectivity index (χ3n) is 2.30. The van der Waals surface area contributed by atoms with E-state index in [1.807, 2.05) is 0 Å². The van der Waals surface area contributed by atoms with Crippen molar-refractivity contribution in [2.24, 2.45) is 0 Å². The molecule has 0 aliphatic rings. The molecule has 17 heavy (non-hydrogen) atoms. The van der Waals surface area contributed by atoms with Gasteiger partial charge in [-0.05, 0) is 17.7 Å². The van der Waals surface area contributed by atoms with Gasteiger partial charge in [-0.2, -0.15) is 0 Å². The summed E-state index contributed by atoms with van der Waals surface area (Å²) in [5.74, 6) is -1.84. The average Bonchev–Trinajstić information content (AvgIpc) is 2.36. The summed E-state index contributed by atoms with van der Waals surface area (Å²) >= 11 is 0. The zero-order valence-corrected chi connectivity index (χ0v) is 9.13. The smallest absolute Gasteiger partial charge is 0.337 e. The van der Waals surface area contributed by atoms with Gasteiger partial charge in [0.25, 0.3) is 0 Å². The van der Waals surface area contributed by atoms with E-state index < -0.39 is 24.0 Å². The summed E-state index contributed by atoms with van der Waals surface area (Å²) in [7, 11) is 1.04. The minimum atomic E-state index is -1.87. The molecule has 5 nitrogen and oxygen atoms in total. The predicted octanol–water partition coefficient (Wildman–Crippen LogP) is -0.115. The van der Waals surface area contributed by atoms with E-state index in [4.69, 9.17) is 5.11 Å². The van der Waals surface area contributed by atoms with E-state index in [1.165, 1.54) is 12.1 Å². The quantitative estimate of drug-likeness (QED) is 0.643. The second kappa shape index (κ2) is 5.72. The largest absolute Gasteiger partial charge is 0.467 e. The third-order valence-corrected chi connectivity index (χ3v) is 2.30. The molecule has 0 fully saturated rings. The molecule has 2 atom stereocenters. The monoisotopic (exact) mass is 244 g/mol. The van der Waals surface area contributed by atoms with Crippen LogP contribution in [0.1, 0.15) is 17.2 Å². The van der Waals surface area contributed by atoms with Gasteiger partial charge in [-0.15, -0.1) is 0 Å². The van der Waals surface area contributed by atoms with E-state index in [9.17, 15) is 19.4 Å². The molecular weight excluding hydrogens is 231 g/mol. The lowest BCUT2D eigenvalue weighted by atomic mass is 10.0. The number of hydrogen-bond acceptors (Lipinski definition) is 5. The van der Waals surface area contributed by atoms with Crippen LogP contribution in [0, 0.1) is 5.82 Å². The number of benzene rings is 1. The fourth-order valence-corrected chi connectivity index (χ4v) is 1.34. The predicted molar refractivity (Wildman–Crippen MR) is 55.3 cm³/mol. The maximum atomic E-state index is 13.4. The number of hydrogen-bond donors (Lipinski definition) is 3.